The summed E-state index contributed by atoms with van der Waals surface area (Å²) in [6.07, 6.45) is 3.79. The summed E-state index contributed by atoms with van der Waals surface area (Å²) < 4.78 is 5.20. The van der Waals surface area contributed by atoms with E-state index in [2.05, 4.69) is 29.1 Å². The van der Waals surface area contributed by atoms with Crippen molar-refractivity contribution in [2.75, 3.05) is 25.1 Å². The Hall–Kier alpha value is -0.810. The largest absolute Gasteiger partial charge is 0.379 e. The van der Waals surface area contributed by atoms with Gasteiger partial charge in [0.05, 0.1) is 18.5 Å². The number of nitrogens with zero attached hydrogens (tertiary/aromatic N) is 2. The van der Waals surface area contributed by atoms with Gasteiger partial charge >= 0.3 is 0 Å². The predicted octanol–water partition coefficient (Wildman–Crippen LogP) is 2.35. The summed E-state index contributed by atoms with van der Waals surface area (Å²) >= 11 is 1.82. The maximum Gasteiger partial charge on any atom is 0.133 e. The van der Waals surface area contributed by atoms with Crippen LogP contribution in [-0.2, 0) is 11.2 Å². The van der Waals surface area contributed by atoms with Gasteiger partial charge in [0.25, 0.3) is 0 Å². The predicted molar refractivity (Wildman–Crippen MR) is 70.7 cm³/mol. The van der Waals surface area contributed by atoms with Gasteiger partial charge in [-0.3, -0.25) is 0 Å². The summed E-state index contributed by atoms with van der Waals surface area (Å²) in [5.74, 6) is 0.993. The molecule has 0 radical (unpaired) electrons. The number of nitrogens with one attached hydrogen (secondary N) is 1. The molecular weight excluding hydrogens is 234 g/mol. The lowest BCUT2D eigenvalue weighted by Gasteiger charge is -2.25. The molecule has 17 heavy (non-hydrogen) atoms. The Kier molecular flexibility index (Phi) is 4.62. The molecule has 5 heteroatoms. The molecule has 1 saturated heterocycles. The van der Waals surface area contributed by atoms with Gasteiger partial charge in [-0.05, 0) is 13.3 Å². The van der Waals surface area contributed by atoms with Crippen molar-refractivity contribution in [3.63, 3.8) is 0 Å². The highest BCUT2D eigenvalue weighted by molar-refractivity contribution is 8.00. The third-order valence-corrected chi connectivity index (χ3v) is 3.82. The van der Waals surface area contributed by atoms with Gasteiger partial charge in [0.1, 0.15) is 17.2 Å². The van der Waals surface area contributed by atoms with Crippen molar-refractivity contribution in [2.24, 2.45) is 0 Å². The molecule has 1 fully saturated rings. The molecule has 1 aliphatic rings. The molecule has 0 atom stereocenters. The van der Waals surface area contributed by atoms with E-state index in [1.165, 1.54) is 5.56 Å². The van der Waals surface area contributed by atoms with Crippen LogP contribution in [-0.4, -0.2) is 35.0 Å². The first-order valence-corrected chi connectivity index (χ1v) is 7.05. The second kappa shape index (κ2) is 6.21. The molecule has 2 heterocycles. The number of hydrogen-bond acceptors (Lipinski definition) is 5. The van der Waals surface area contributed by atoms with Gasteiger partial charge in [0.2, 0.25) is 0 Å². The van der Waals surface area contributed by atoms with Crippen LogP contribution in [0.1, 0.15) is 25.8 Å². The molecule has 0 spiro atoms. The van der Waals surface area contributed by atoms with E-state index in [0.29, 0.717) is 5.25 Å². The van der Waals surface area contributed by atoms with E-state index < -0.39 is 0 Å². The van der Waals surface area contributed by atoms with Crippen LogP contribution in [0.3, 0.4) is 0 Å². The highest BCUT2D eigenvalue weighted by Gasteiger charge is 2.22. The van der Waals surface area contributed by atoms with Gasteiger partial charge in [-0.1, -0.05) is 25.1 Å². The summed E-state index contributed by atoms with van der Waals surface area (Å²) in [5.41, 5.74) is 1.26. The Morgan fingerprint density at radius 2 is 2.24 bits per heavy atom. The smallest absolute Gasteiger partial charge is 0.133 e. The van der Waals surface area contributed by atoms with E-state index in [0.717, 1.165) is 43.4 Å². The first-order chi connectivity index (χ1) is 8.35. The number of aromatic nitrogens is 2. The van der Waals surface area contributed by atoms with Gasteiger partial charge in [0, 0.05) is 12.1 Å². The second-order valence-electron chi connectivity index (χ2n) is 4.06. The molecule has 1 aromatic heterocycles. The van der Waals surface area contributed by atoms with Crippen LogP contribution in [0.15, 0.2) is 11.4 Å². The summed E-state index contributed by atoms with van der Waals surface area (Å²) in [4.78, 5) is 8.75. The van der Waals surface area contributed by atoms with Crippen molar-refractivity contribution in [1.29, 1.82) is 0 Å². The van der Waals surface area contributed by atoms with Crippen LogP contribution in [0.4, 0.5) is 5.82 Å². The zero-order valence-electron chi connectivity index (χ0n) is 10.4. The third-order valence-electron chi connectivity index (χ3n) is 2.64. The fourth-order valence-electron chi connectivity index (χ4n) is 1.73. The van der Waals surface area contributed by atoms with Crippen molar-refractivity contribution in [3.8, 4) is 0 Å². The lowest BCUT2D eigenvalue weighted by molar-refractivity contribution is 0.0454. The Balaban J connectivity index is 2.18. The molecule has 0 amide bonds. The average molecular weight is 253 g/mol. The molecule has 1 N–H and O–H groups in total. The third kappa shape index (κ3) is 3.10. The molecule has 1 aliphatic heterocycles. The second-order valence-corrected chi connectivity index (χ2v) is 5.35. The molecule has 0 saturated carbocycles. The highest BCUT2D eigenvalue weighted by Crippen LogP contribution is 2.31. The summed E-state index contributed by atoms with van der Waals surface area (Å²) in [6, 6.07) is 0. The molecule has 0 bridgehead atoms. The Bertz CT molecular complexity index is 369. The van der Waals surface area contributed by atoms with Gasteiger partial charge in [-0.15, -0.1) is 0 Å². The fourth-order valence-corrected chi connectivity index (χ4v) is 2.83. The van der Waals surface area contributed by atoms with E-state index in [1.54, 1.807) is 6.33 Å². The van der Waals surface area contributed by atoms with Crippen LogP contribution in [0, 0.1) is 0 Å². The number of rotatable bonds is 6. The number of hydrogen-bond donors (Lipinski definition) is 1. The molecule has 0 aliphatic carbocycles. The first kappa shape index (κ1) is 12.6. The lowest BCUT2D eigenvalue weighted by Crippen LogP contribution is -2.30. The van der Waals surface area contributed by atoms with E-state index in [1.807, 2.05) is 11.8 Å². The van der Waals surface area contributed by atoms with Crippen molar-refractivity contribution >= 4 is 17.6 Å². The zero-order chi connectivity index (χ0) is 12.1. The molecule has 2 rings (SSSR count). The van der Waals surface area contributed by atoms with Crippen LogP contribution in [0.2, 0.25) is 0 Å². The molecule has 94 valence electrons. The topological polar surface area (TPSA) is 47.0 Å². The van der Waals surface area contributed by atoms with E-state index in [9.17, 15) is 0 Å². The molecular formula is C12H19N3OS. The Labute approximate surface area is 107 Å². The van der Waals surface area contributed by atoms with Gasteiger partial charge in [-0.2, -0.15) is 0 Å². The molecule has 1 aromatic rings. The molecule has 0 aromatic carbocycles. The van der Waals surface area contributed by atoms with Gasteiger partial charge in [-0.25, -0.2) is 9.97 Å². The minimum atomic E-state index is 0.565. The zero-order valence-corrected chi connectivity index (χ0v) is 11.2. The molecule has 4 nitrogen and oxygen atoms in total. The van der Waals surface area contributed by atoms with E-state index >= 15 is 0 Å². The maximum atomic E-state index is 5.20. The lowest BCUT2D eigenvalue weighted by atomic mass is 10.2. The van der Waals surface area contributed by atoms with Crippen LogP contribution >= 0.6 is 11.8 Å². The average Bonchev–Trinajstić information content (AvgIpc) is 2.27. The Morgan fingerprint density at radius 3 is 2.82 bits per heavy atom. The van der Waals surface area contributed by atoms with Crippen molar-refractivity contribution in [1.82, 2.24) is 9.97 Å². The monoisotopic (exact) mass is 253 g/mol. The Morgan fingerprint density at radius 1 is 1.41 bits per heavy atom. The fraction of sp³-hybridized carbons (Fsp3) is 0.667. The van der Waals surface area contributed by atoms with Crippen LogP contribution < -0.4 is 5.32 Å². The standard InChI is InChI=1S/C12H19N3OS/c1-3-5-10-11(13-4-2)14-8-15-12(10)17-9-6-16-7-9/h8-9H,3-7H2,1-2H3,(H,13,14,15). The van der Waals surface area contributed by atoms with Crippen LogP contribution in [0.25, 0.3) is 0 Å². The quantitative estimate of drug-likeness (QED) is 0.789. The van der Waals surface area contributed by atoms with Crippen molar-refractivity contribution in [2.45, 2.75) is 37.0 Å². The normalized spacial score (nSPS) is 15.6. The minimum absolute atomic E-state index is 0.565. The van der Waals surface area contributed by atoms with Gasteiger partial charge < -0.3 is 10.1 Å². The summed E-state index contributed by atoms with van der Waals surface area (Å²) in [6.45, 7) is 6.85. The molecule has 0 unspecified atom stereocenters. The number of ether oxygens (including phenoxy) is 1. The van der Waals surface area contributed by atoms with E-state index in [-0.39, 0.29) is 0 Å². The van der Waals surface area contributed by atoms with Crippen molar-refractivity contribution in [3.05, 3.63) is 11.9 Å². The highest BCUT2D eigenvalue weighted by atomic mass is 32.2. The first-order valence-electron chi connectivity index (χ1n) is 6.17. The van der Waals surface area contributed by atoms with E-state index in [4.69, 9.17) is 4.74 Å². The number of anilines is 1. The van der Waals surface area contributed by atoms with Crippen molar-refractivity contribution < 1.29 is 4.74 Å². The maximum absolute atomic E-state index is 5.20. The SMILES string of the molecule is CCCc1c(NCC)ncnc1SC1COC1. The van der Waals surface area contributed by atoms with Gasteiger partial charge in [0.15, 0.2) is 0 Å². The summed E-state index contributed by atoms with van der Waals surface area (Å²) in [5, 5.41) is 5.00. The minimum Gasteiger partial charge on any atom is -0.379 e. The summed E-state index contributed by atoms with van der Waals surface area (Å²) in [7, 11) is 0. The van der Waals surface area contributed by atoms with Crippen LogP contribution in [0.5, 0.6) is 0 Å². The number of thioether (sulfide) groups is 1.